The van der Waals surface area contributed by atoms with Gasteiger partial charge in [0.05, 0.1) is 6.54 Å². The summed E-state index contributed by atoms with van der Waals surface area (Å²) in [7, 11) is 4.19. The topological polar surface area (TPSA) is 55.8 Å². The highest BCUT2D eigenvalue weighted by Crippen LogP contribution is 2.12. The van der Waals surface area contributed by atoms with Crippen molar-refractivity contribution >= 4 is 5.91 Å². The first-order valence-electron chi connectivity index (χ1n) is 7.98. The van der Waals surface area contributed by atoms with Crippen molar-refractivity contribution in [2.45, 2.75) is 25.3 Å². The van der Waals surface area contributed by atoms with Crippen LogP contribution in [0.5, 0.6) is 5.75 Å². The van der Waals surface area contributed by atoms with Crippen LogP contribution in [0.3, 0.4) is 0 Å². The highest BCUT2D eigenvalue weighted by atomic mass is 16.3. The molecule has 1 amide bonds. The second-order valence-corrected chi connectivity index (χ2v) is 6.26. The van der Waals surface area contributed by atoms with Crippen LogP contribution in [-0.2, 0) is 11.2 Å². The van der Waals surface area contributed by atoms with Crippen molar-refractivity contribution < 1.29 is 9.90 Å². The van der Waals surface area contributed by atoms with Crippen LogP contribution in [0.15, 0.2) is 24.3 Å². The van der Waals surface area contributed by atoms with E-state index in [0.717, 1.165) is 32.4 Å². The fourth-order valence-electron chi connectivity index (χ4n) is 2.82. The summed E-state index contributed by atoms with van der Waals surface area (Å²) in [5.74, 6) is 0.406. The minimum absolute atomic E-state index is 0.116. The van der Waals surface area contributed by atoms with Crippen molar-refractivity contribution in [3.8, 4) is 5.75 Å². The van der Waals surface area contributed by atoms with Crippen molar-refractivity contribution in [1.29, 1.82) is 0 Å². The van der Waals surface area contributed by atoms with Crippen LogP contribution < -0.4 is 5.32 Å². The third-order valence-electron chi connectivity index (χ3n) is 4.25. The van der Waals surface area contributed by atoms with Crippen LogP contribution in [0.1, 0.15) is 18.4 Å². The van der Waals surface area contributed by atoms with E-state index in [2.05, 4.69) is 29.2 Å². The van der Waals surface area contributed by atoms with Gasteiger partial charge in [0.1, 0.15) is 5.75 Å². The number of benzene rings is 1. The maximum atomic E-state index is 11.9. The molecule has 1 saturated heterocycles. The van der Waals surface area contributed by atoms with Crippen molar-refractivity contribution in [1.82, 2.24) is 15.1 Å². The minimum Gasteiger partial charge on any atom is -0.508 e. The number of carbonyl (C=O) groups excluding carboxylic acids is 1. The van der Waals surface area contributed by atoms with Gasteiger partial charge in [0.2, 0.25) is 5.91 Å². The zero-order chi connectivity index (χ0) is 15.9. The molecule has 0 aromatic heterocycles. The van der Waals surface area contributed by atoms with Crippen LogP contribution in [-0.4, -0.2) is 67.1 Å². The average molecular weight is 305 g/mol. The number of nitrogens with zero attached hydrogens (tertiary/aromatic N) is 2. The van der Waals surface area contributed by atoms with Crippen LogP contribution >= 0.6 is 0 Å². The number of aryl methyl sites for hydroxylation is 1. The highest BCUT2D eigenvalue weighted by molar-refractivity contribution is 5.78. The van der Waals surface area contributed by atoms with E-state index in [1.165, 1.54) is 5.56 Å². The predicted octanol–water partition coefficient (Wildman–Crippen LogP) is 1.08. The molecule has 1 aromatic carbocycles. The Kier molecular flexibility index (Phi) is 6.21. The number of likely N-dealkylation sites (N-methyl/N-ethyl adjacent to an activating group) is 1. The summed E-state index contributed by atoms with van der Waals surface area (Å²) in [4.78, 5) is 16.4. The van der Waals surface area contributed by atoms with Crippen LogP contribution in [0, 0.1) is 0 Å². The smallest absolute Gasteiger partial charge is 0.234 e. The van der Waals surface area contributed by atoms with Gasteiger partial charge in [-0.25, -0.2) is 0 Å². The quantitative estimate of drug-likeness (QED) is 0.740. The number of likely N-dealkylation sites (tertiary alicyclic amines) is 1. The monoisotopic (exact) mass is 305 g/mol. The lowest BCUT2D eigenvalue weighted by molar-refractivity contribution is -0.122. The summed E-state index contributed by atoms with van der Waals surface area (Å²) in [6.45, 7) is 3.19. The molecule has 22 heavy (non-hydrogen) atoms. The molecule has 0 radical (unpaired) electrons. The summed E-state index contributed by atoms with van der Waals surface area (Å²) in [6.07, 6.45) is 2.96. The summed E-state index contributed by atoms with van der Waals surface area (Å²) < 4.78 is 0. The Bertz CT molecular complexity index is 473. The first-order chi connectivity index (χ1) is 10.5. The van der Waals surface area contributed by atoms with Crippen molar-refractivity contribution in [2.24, 2.45) is 0 Å². The second-order valence-electron chi connectivity index (χ2n) is 6.26. The van der Waals surface area contributed by atoms with Gasteiger partial charge in [-0.3, -0.25) is 9.69 Å². The van der Waals surface area contributed by atoms with Gasteiger partial charge in [0.15, 0.2) is 0 Å². The molecule has 1 atom stereocenters. The first kappa shape index (κ1) is 16.8. The molecule has 0 saturated carbocycles. The number of rotatable bonds is 7. The molecule has 0 bridgehead atoms. The Labute approximate surface area is 132 Å². The summed E-state index contributed by atoms with van der Waals surface area (Å²) >= 11 is 0. The van der Waals surface area contributed by atoms with Crippen molar-refractivity contribution in [3.05, 3.63) is 29.8 Å². The lowest BCUT2D eigenvalue weighted by atomic mass is 10.1. The largest absolute Gasteiger partial charge is 0.508 e. The third kappa shape index (κ3) is 5.31. The molecular formula is C17H27N3O2. The molecule has 0 aliphatic carbocycles. The van der Waals surface area contributed by atoms with Gasteiger partial charge < -0.3 is 15.3 Å². The SMILES string of the molecule is CN(C)C1CCN(CC(=O)NCCCc2ccc(O)cc2)C1. The van der Waals surface area contributed by atoms with E-state index in [9.17, 15) is 9.90 Å². The Morgan fingerprint density at radius 1 is 1.36 bits per heavy atom. The highest BCUT2D eigenvalue weighted by Gasteiger charge is 2.24. The van der Waals surface area contributed by atoms with Gasteiger partial charge in [0, 0.05) is 25.7 Å². The van der Waals surface area contributed by atoms with E-state index in [-0.39, 0.29) is 5.91 Å². The van der Waals surface area contributed by atoms with E-state index in [1.807, 2.05) is 12.1 Å². The van der Waals surface area contributed by atoms with Crippen molar-refractivity contribution in [2.75, 3.05) is 40.3 Å². The van der Waals surface area contributed by atoms with Crippen LogP contribution in [0.25, 0.3) is 0 Å². The molecule has 0 spiro atoms. The van der Waals surface area contributed by atoms with Gasteiger partial charge in [-0.15, -0.1) is 0 Å². The fraction of sp³-hybridized carbons (Fsp3) is 0.588. The molecule has 2 N–H and O–H groups in total. The van der Waals surface area contributed by atoms with Gasteiger partial charge in [-0.05, 0) is 51.1 Å². The number of aromatic hydroxyl groups is 1. The van der Waals surface area contributed by atoms with Gasteiger partial charge in [-0.2, -0.15) is 0 Å². The summed E-state index contributed by atoms with van der Waals surface area (Å²) in [5.41, 5.74) is 1.18. The molecular weight excluding hydrogens is 278 g/mol. The fourth-order valence-corrected chi connectivity index (χ4v) is 2.82. The third-order valence-corrected chi connectivity index (χ3v) is 4.25. The van der Waals surface area contributed by atoms with E-state index in [0.29, 0.717) is 24.9 Å². The molecule has 5 heteroatoms. The van der Waals surface area contributed by atoms with Gasteiger partial charge in [-0.1, -0.05) is 12.1 Å². The van der Waals surface area contributed by atoms with E-state index >= 15 is 0 Å². The van der Waals surface area contributed by atoms with E-state index in [1.54, 1.807) is 12.1 Å². The lowest BCUT2D eigenvalue weighted by Gasteiger charge is -2.20. The number of phenols is 1. The number of carbonyl (C=O) groups is 1. The molecule has 1 heterocycles. The van der Waals surface area contributed by atoms with Crippen LogP contribution in [0.2, 0.25) is 0 Å². The Morgan fingerprint density at radius 2 is 2.09 bits per heavy atom. The number of nitrogens with one attached hydrogen (secondary N) is 1. The molecule has 1 aliphatic rings. The minimum atomic E-state index is 0.116. The first-order valence-corrected chi connectivity index (χ1v) is 7.98. The van der Waals surface area contributed by atoms with E-state index < -0.39 is 0 Å². The summed E-state index contributed by atoms with van der Waals surface area (Å²) in [6, 6.07) is 7.80. The number of hydrogen-bond acceptors (Lipinski definition) is 4. The summed E-state index contributed by atoms with van der Waals surface area (Å²) in [5, 5.41) is 12.2. The number of amides is 1. The molecule has 1 aliphatic heterocycles. The maximum Gasteiger partial charge on any atom is 0.234 e. The normalized spacial score (nSPS) is 18.8. The lowest BCUT2D eigenvalue weighted by Crippen LogP contribution is -2.38. The molecule has 2 rings (SSSR count). The molecule has 122 valence electrons. The van der Waals surface area contributed by atoms with Crippen LogP contribution in [0.4, 0.5) is 0 Å². The maximum absolute atomic E-state index is 11.9. The average Bonchev–Trinajstić information content (AvgIpc) is 2.94. The number of phenolic OH excluding ortho intramolecular Hbond substituents is 1. The van der Waals surface area contributed by atoms with Gasteiger partial charge in [0.25, 0.3) is 0 Å². The van der Waals surface area contributed by atoms with E-state index in [4.69, 9.17) is 0 Å². The molecule has 5 nitrogen and oxygen atoms in total. The molecule has 1 fully saturated rings. The molecule has 1 unspecified atom stereocenters. The standard InChI is InChI=1S/C17H27N3O2/c1-19(2)15-9-11-20(12-15)13-17(22)18-10-3-4-14-5-7-16(21)8-6-14/h5-8,15,21H,3-4,9-13H2,1-2H3,(H,18,22). The van der Waals surface area contributed by atoms with Crippen molar-refractivity contribution in [3.63, 3.8) is 0 Å². The predicted molar refractivity (Wildman–Crippen MR) is 88.0 cm³/mol. The molecule has 1 aromatic rings. The zero-order valence-electron chi connectivity index (χ0n) is 13.6. The number of hydrogen-bond donors (Lipinski definition) is 2. The zero-order valence-corrected chi connectivity index (χ0v) is 13.6. The Balaban J connectivity index is 1.59. The Hall–Kier alpha value is -1.59. The van der Waals surface area contributed by atoms with Gasteiger partial charge >= 0.3 is 0 Å². The second kappa shape index (κ2) is 8.15. The Morgan fingerprint density at radius 3 is 2.73 bits per heavy atom.